The average Bonchev–Trinajstić information content (AvgIpc) is 2.31. The number of fused-ring (bicyclic) bond motifs is 1. The Bertz CT molecular complexity index is 309. The van der Waals surface area contributed by atoms with Gasteiger partial charge in [0.2, 0.25) is 0 Å². The van der Waals surface area contributed by atoms with Crippen molar-refractivity contribution >= 4 is 0 Å². The van der Waals surface area contributed by atoms with E-state index in [0.717, 1.165) is 18.6 Å². The summed E-state index contributed by atoms with van der Waals surface area (Å²) in [6, 6.07) is 6.33. The van der Waals surface area contributed by atoms with Gasteiger partial charge >= 0.3 is 0 Å². The van der Waals surface area contributed by atoms with Gasteiger partial charge in [0.25, 0.3) is 0 Å². The number of hydrogen-bond acceptors (Lipinski definition) is 2. The summed E-state index contributed by atoms with van der Waals surface area (Å²) in [6.45, 7) is 6.72. The van der Waals surface area contributed by atoms with Crippen LogP contribution in [0.5, 0.6) is 5.75 Å². The predicted molar refractivity (Wildman–Crippen MR) is 64.3 cm³/mol. The van der Waals surface area contributed by atoms with Gasteiger partial charge in [0, 0.05) is 6.54 Å². The third kappa shape index (κ3) is 2.96. The SMILES string of the molecule is CC.Cc1ccc2c(c1)CCC(CN)O2. The number of hydrogen-bond donors (Lipinski definition) is 1. The first-order valence-electron chi connectivity index (χ1n) is 5.76. The third-order valence-corrected chi connectivity index (χ3v) is 2.51. The highest BCUT2D eigenvalue weighted by Crippen LogP contribution is 2.27. The van der Waals surface area contributed by atoms with Gasteiger partial charge < -0.3 is 10.5 Å². The van der Waals surface area contributed by atoms with Crippen LogP contribution in [0.25, 0.3) is 0 Å². The Hall–Kier alpha value is -1.02. The summed E-state index contributed by atoms with van der Waals surface area (Å²) >= 11 is 0. The molecule has 1 aromatic carbocycles. The Morgan fingerprint density at radius 2 is 2.13 bits per heavy atom. The van der Waals surface area contributed by atoms with E-state index in [4.69, 9.17) is 10.5 Å². The van der Waals surface area contributed by atoms with E-state index >= 15 is 0 Å². The summed E-state index contributed by atoms with van der Waals surface area (Å²) in [5.74, 6) is 1.02. The normalized spacial score (nSPS) is 18.3. The molecule has 0 saturated heterocycles. The van der Waals surface area contributed by atoms with E-state index in [0.29, 0.717) is 6.54 Å². The largest absolute Gasteiger partial charge is 0.489 e. The van der Waals surface area contributed by atoms with Crippen LogP contribution >= 0.6 is 0 Å². The van der Waals surface area contributed by atoms with Crippen molar-refractivity contribution in [2.75, 3.05) is 6.54 Å². The molecule has 0 saturated carbocycles. The van der Waals surface area contributed by atoms with Crippen LogP contribution in [0.3, 0.4) is 0 Å². The fourth-order valence-electron chi connectivity index (χ4n) is 1.74. The molecular formula is C13H21NO. The topological polar surface area (TPSA) is 35.2 Å². The molecule has 2 heteroatoms. The van der Waals surface area contributed by atoms with Crippen molar-refractivity contribution < 1.29 is 4.74 Å². The summed E-state index contributed by atoms with van der Waals surface area (Å²) in [7, 11) is 0. The minimum atomic E-state index is 0.218. The van der Waals surface area contributed by atoms with Gasteiger partial charge in [-0.1, -0.05) is 31.5 Å². The van der Waals surface area contributed by atoms with E-state index < -0.39 is 0 Å². The van der Waals surface area contributed by atoms with Gasteiger partial charge in [0.05, 0.1) is 0 Å². The summed E-state index contributed by atoms with van der Waals surface area (Å²) < 4.78 is 5.71. The molecule has 0 fully saturated rings. The Balaban J connectivity index is 0.000000531. The molecule has 0 aromatic heterocycles. The summed E-state index contributed by atoms with van der Waals surface area (Å²) in [4.78, 5) is 0. The predicted octanol–water partition coefficient (Wildman–Crippen LogP) is 2.67. The zero-order chi connectivity index (χ0) is 11.3. The number of aryl methyl sites for hydroxylation is 2. The molecule has 1 aliphatic rings. The van der Waals surface area contributed by atoms with Gasteiger partial charge in [-0.25, -0.2) is 0 Å². The highest BCUT2D eigenvalue weighted by Gasteiger charge is 2.17. The molecule has 1 heterocycles. The van der Waals surface area contributed by atoms with Crippen LogP contribution in [0, 0.1) is 6.92 Å². The van der Waals surface area contributed by atoms with Gasteiger partial charge in [0.1, 0.15) is 11.9 Å². The minimum Gasteiger partial charge on any atom is -0.489 e. The van der Waals surface area contributed by atoms with Crippen molar-refractivity contribution in [2.45, 2.75) is 39.7 Å². The highest BCUT2D eigenvalue weighted by atomic mass is 16.5. The molecule has 0 radical (unpaired) electrons. The standard InChI is InChI=1S/C11H15NO.C2H6/c1-8-2-5-11-9(6-8)3-4-10(7-12)13-11;1-2/h2,5-6,10H,3-4,7,12H2,1H3;1-2H3. The summed E-state index contributed by atoms with van der Waals surface area (Å²) in [5, 5.41) is 0. The van der Waals surface area contributed by atoms with Crippen LogP contribution in [-0.4, -0.2) is 12.6 Å². The van der Waals surface area contributed by atoms with Gasteiger partial charge in [0.15, 0.2) is 0 Å². The van der Waals surface area contributed by atoms with E-state index in [1.54, 1.807) is 0 Å². The van der Waals surface area contributed by atoms with E-state index in [1.807, 2.05) is 19.9 Å². The van der Waals surface area contributed by atoms with Crippen molar-refractivity contribution in [3.05, 3.63) is 29.3 Å². The second kappa shape index (κ2) is 5.76. The third-order valence-electron chi connectivity index (χ3n) is 2.51. The lowest BCUT2D eigenvalue weighted by molar-refractivity contribution is 0.181. The Morgan fingerprint density at radius 3 is 2.80 bits per heavy atom. The van der Waals surface area contributed by atoms with Gasteiger partial charge in [-0.15, -0.1) is 0 Å². The fourth-order valence-corrected chi connectivity index (χ4v) is 1.74. The molecule has 0 amide bonds. The molecule has 0 spiro atoms. The maximum Gasteiger partial charge on any atom is 0.122 e. The van der Waals surface area contributed by atoms with E-state index in [1.165, 1.54) is 11.1 Å². The maximum absolute atomic E-state index is 5.71. The maximum atomic E-state index is 5.71. The number of benzene rings is 1. The lowest BCUT2D eigenvalue weighted by atomic mass is 10.0. The van der Waals surface area contributed by atoms with Gasteiger partial charge in [-0.05, 0) is 31.4 Å². The lowest BCUT2D eigenvalue weighted by Gasteiger charge is -2.25. The molecule has 0 aliphatic carbocycles. The monoisotopic (exact) mass is 207 g/mol. The van der Waals surface area contributed by atoms with Crippen molar-refractivity contribution in [3.63, 3.8) is 0 Å². The van der Waals surface area contributed by atoms with Crippen LogP contribution in [-0.2, 0) is 6.42 Å². The van der Waals surface area contributed by atoms with Crippen molar-refractivity contribution in [3.8, 4) is 5.75 Å². The molecule has 1 aliphatic heterocycles. The molecule has 84 valence electrons. The first-order valence-corrected chi connectivity index (χ1v) is 5.76. The van der Waals surface area contributed by atoms with Crippen LogP contribution < -0.4 is 10.5 Å². The van der Waals surface area contributed by atoms with E-state index in [9.17, 15) is 0 Å². The average molecular weight is 207 g/mol. The number of rotatable bonds is 1. The number of nitrogens with two attached hydrogens (primary N) is 1. The quantitative estimate of drug-likeness (QED) is 0.768. The molecule has 2 nitrogen and oxygen atoms in total. The summed E-state index contributed by atoms with van der Waals surface area (Å²) in [5.41, 5.74) is 8.19. The highest BCUT2D eigenvalue weighted by molar-refractivity contribution is 5.38. The first kappa shape index (κ1) is 12.1. The van der Waals surface area contributed by atoms with Gasteiger partial charge in [-0.3, -0.25) is 0 Å². The zero-order valence-corrected chi connectivity index (χ0v) is 9.92. The van der Waals surface area contributed by atoms with Crippen molar-refractivity contribution in [1.82, 2.24) is 0 Å². The molecule has 0 bridgehead atoms. The molecule has 1 atom stereocenters. The molecule has 1 unspecified atom stereocenters. The fraction of sp³-hybridized carbons (Fsp3) is 0.538. The lowest BCUT2D eigenvalue weighted by Crippen LogP contribution is -2.30. The second-order valence-electron chi connectivity index (χ2n) is 3.63. The van der Waals surface area contributed by atoms with Crippen LogP contribution in [0.2, 0.25) is 0 Å². The Morgan fingerprint density at radius 1 is 1.40 bits per heavy atom. The number of ether oxygens (including phenoxy) is 1. The molecule has 2 N–H and O–H groups in total. The van der Waals surface area contributed by atoms with Crippen LogP contribution in [0.15, 0.2) is 18.2 Å². The van der Waals surface area contributed by atoms with Crippen molar-refractivity contribution in [1.29, 1.82) is 0 Å². The molecule has 2 rings (SSSR count). The minimum absolute atomic E-state index is 0.218. The summed E-state index contributed by atoms with van der Waals surface area (Å²) in [6.07, 6.45) is 2.36. The second-order valence-corrected chi connectivity index (χ2v) is 3.63. The van der Waals surface area contributed by atoms with E-state index in [-0.39, 0.29) is 6.10 Å². The zero-order valence-electron chi connectivity index (χ0n) is 9.92. The first-order chi connectivity index (χ1) is 7.29. The molecule has 15 heavy (non-hydrogen) atoms. The Kier molecular flexibility index (Phi) is 4.63. The Labute approximate surface area is 92.4 Å². The molecular weight excluding hydrogens is 186 g/mol. The van der Waals surface area contributed by atoms with Crippen LogP contribution in [0.1, 0.15) is 31.4 Å². The van der Waals surface area contributed by atoms with Crippen molar-refractivity contribution in [2.24, 2.45) is 5.73 Å². The molecule has 1 aromatic rings. The van der Waals surface area contributed by atoms with E-state index in [2.05, 4.69) is 19.1 Å². The smallest absolute Gasteiger partial charge is 0.122 e. The van der Waals surface area contributed by atoms with Crippen LogP contribution in [0.4, 0.5) is 0 Å². The van der Waals surface area contributed by atoms with Gasteiger partial charge in [-0.2, -0.15) is 0 Å².